The van der Waals surface area contributed by atoms with Gasteiger partial charge in [0.1, 0.15) is 12.7 Å². The summed E-state index contributed by atoms with van der Waals surface area (Å²) in [6.45, 7) is -0.669. The fourth-order valence-corrected chi connectivity index (χ4v) is 1.35. The number of nitrogens with zero attached hydrogens (tertiary/aromatic N) is 4. The van der Waals surface area contributed by atoms with Crippen molar-refractivity contribution in [2.24, 2.45) is 5.73 Å². The number of nitrogens with two attached hydrogens (primary N) is 1. The van der Waals surface area contributed by atoms with Crippen LogP contribution < -0.4 is 5.73 Å². The summed E-state index contributed by atoms with van der Waals surface area (Å²) in [5.74, 6) is -2.36. The molecule has 0 saturated heterocycles. The molecule has 17 heavy (non-hydrogen) atoms. The Morgan fingerprint density at radius 3 is 2.71 bits per heavy atom. The Morgan fingerprint density at radius 1 is 1.35 bits per heavy atom. The van der Waals surface area contributed by atoms with Crippen molar-refractivity contribution in [1.82, 2.24) is 19.7 Å². The molecule has 90 valence electrons. The predicted molar refractivity (Wildman–Crippen MR) is 56.9 cm³/mol. The zero-order chi connectivity index (χ0) is 12.3. The van der Waals surface area contributed by atoms with Crippen LogP contribution in [0.3, 0.4) is 0 Å². The van der Waals surface area contributed by atoms with Gasteiger partial charge < -0.3 is 5.73 Å². The van der Waals surface area contributed by atoms with E-state index in [-0.39, 0.29) is 0 Å². The first-order valence-electron chi connectivity index (χ1n) is 4.98. The molecule has 0 spiro atoms. The monoisotopic (exact) mass is 239 g/mol. The van der Waals surface area contributed by atoms with E-state index in [1.807, 2.05) is 0 Å². The Bertz CT molecular complexity index is 466. The smallest absolute Gasteiger partial charge is 0.264 e. The normalized spacial score (nSPS) is 11.7. The lowest BCUT2D eigenvalue weighted by molar-refractivity contribution is 0.0114. The van der Waals surface area contributed by atoms with Crippen LogP contribution in [0.25, 0.3) is 5.82 Å². The van der Waals surface area contributed by atoms with Gasteiger partial charge in [-0.1, -0.05) is 6.07 Å². The van der Waals surface area contributed by atoms with Gasteiger partial charge in [0.05, 0.1) is 6.54 Å². The topological polar surface area (TPSA) is 69.6 Å². The van der Waals surface area contributed by atoms with Gasteiger partial charge in [0.15, 0.2) is 5.82 Å². The average molecular weight is 239 g/mol. The van der Waals surface area contributed by atoms with Crippen molar-refractivity contribution in [3.05, 3.63) is 36.5 Å². The van der Waals surface area contributed by atoms with Crippen LogP contribution in [0.4, 0.5) is 8.78 Å². The lowest BCUT2D eigenvalue weighted by atomic mass is 10.1. The van der Waals surface area contributed by atoms with Crippen LogP contribution in [0.2, 0.25) is 0 Å². The minimum absolute atomic E-state index is 0.409. The third kappa shape index (κ3) is 2.82. The average Bonchev–Trinajstić information content (AvgIpc) is 2.83. The summed E-state index contributed by atoms with van der Waals surface area (Å²) in [7, 11) is 0. The summed E-state index contributed by atoms with van der Waals surface area (Å²) in [6.07, 6.45) is 3.84. The maximum absolute atomic E-state index is 13.0. The van der Waals surface area contributed by atoms with E-state index in [0.29, 0.717) is 11.4 Å². The lowest BCUT2D eigenvalue weighted by Gasteiger charge is -2.13. The molecule has 0 radical (unpaired) electrons. The Balaban J connectivity index is 2.14. The van der Waals surface area contributed by atoms with Crippen LogP contribution in [0.15, 0.2) is 31.0 Å². The quantitative estimate of drug-likeness (QED) is 0.856. The number of hydrogen-bond acceptors (Lipinski definition) is 4. The number of hydrogen-bond donors (Lipinski definition) is 1. The Labute approximate surface area is 96.3 Å². The third-order valence-electron chi connectivity index (χ3n) is 2.22. The van der Waals surface area contributed by atoms with Crippen molar-refractivity contribution < 1.29 is 8.78 Å². The second-order valence-electron chi connectivity index (χ2n) is 3.60. The Morgan fingerprint density at radius 2 is 2.18 bits per heavy atom. The summed E-state index contributed by atoms with van der Waals surface area (Å²) < 4.78 is 27.5. The van der Waals surface area contributed by atoms with Crippen molar-refractivity contribution in [2.45, 2.75) is 12.3 Å². The molecule has 0 amide bonds. The first-order valence-corrected chi connectivity index (χ1v) is 4.98. The molecular formula is C10H11F2N5. The van der Waals surface area contributed by atoms with E-state index in [4.69, 9.17) is 5.73 Å². The van der Waals surface area contributed by atoms with E-state index in [1.54, 1.807) is 12.1 Å². The first-order chi connectivity index (χ1) is 8.11. The van der Waals surface area contributed by atoms with Crippen molar-refractivity contribution in [3.63, 3.8) is 0 Å². The van der Waals surface area contributed by atoms with E-state index in [2.05, 4.69) is 15.1 Å². The van der Waals surface area contributed by atoms with Gasteiger partial charge in [0, 0.05) is 12.6 Å². The fraction of sp³-hybridized carbons (Fsp3) is 0.300. The number of pyridine rings is 1. The van der Waals surface area contributed by atoms with Gasteiger partial charge in [-0.25, -0.2) is 23.4 Å². The minimum Gasteiger partial charge on any atom is -0.325 e. The maximum atomic E-state index is 13.0. The van der Waals surface area contributed by atoms with Crippen LogP contribution in [-0.2, 0) is 6.42 Å². The van der Waals surface area contributed by atoms with Gasteiger partial charge in [-0.3, -0.25) is 0 Å². The Kier molecular flexibility index (Phi) is 3.10. The van der Waals surface area contributed by atoms with Crippen LogP contribution in [0.5, 0.6) is 0 Å². The second kappa shape index (κ2) is 4.54. The molecule has 0 aliphatic rings. The van der Waals surface area contributed by atoms with Crippen LogP contribution in [-0.4, -0.2) is 32.2 Å². The molecule has 0 aliphatic heterocycles. The summed E-state index contributed by atoms with van der Waals surface area (Å²) in [6, 6.07) is 3.18. The third-order valence-corrected chi connectivity index (χ3v) is 2.22. The van der Waals surface area contributed by atoms with E-state index in [9.17, 15) is 8.78 Å². The van der Waals surface area contributed by atoms with E-state index >= 15 is 0 Å². The SMILES string of the molecule is NCC(F)(F)Cc1ccc(-n2cncn2)nc1. The predicted octanol–water partition coefficient (Wildman–Crippen LogP) is 0.799. The fourth-order valence-electron chi connectivity index (χ4n) is 1.35. The zero-order valence-corrected chi connectivity index (χ0v) is 8.92. The number of rotatable bonds is 4. The molecule has 0 fully saturated rings. The van der Waals surface area contributed by atoms with Crippen molar-refractivity contribution >= 4 is 0 Å². The van der Waals surface area contributed by atoms with E-state index in [1.165, 1.54) is 23.5 Å². The zero-order valence-electron chi connectivity index (χ0n) is 8.92. The highest BCUT2D eigenvalue weighted by Gasteiger charge is 2.27. The van der Waals surface area contributed by atoms with E-state index in [0.717, 1.165) is 0 Å². The highest BCUT2D eigenvalue weighted by atomic mass is 19.3. The number of alkyl halides is 2. The molecule has 0 aromatic carbocycles. The van der Waals surface area contributed by atoms with Gasteiger partial charge in [-0.15, -0.1) is 0 Å². The first kappa shape index (κ1) is 11.6. The van der Waals surface area contributed by atoms with Crippen molar-refractivity contribution in [3.8, 4) is 5.82 Å². The molecule has 0 saturated carbocycles. The van der Waals surface area contributed by atoms with Crippen LogP contribution in [0, 0.1) is 0 Å². The van der Waals surface area contributed by atoms with E-state index < -0.39 is 18.9 Å². The highest BCUT2D eigenvalue weighted by molar-refractivity contribution is 5.24. The molecule has 0 atom stereocenters. The van der Waals surface area contributed by atoms with Crippen LogP contribution >= 0.6 is 0 Å². The highest BCUT2D eigenvalue weighted by Crippen LogP contribution is 2.18. The van der Waals surface area contributed by atoms with Crippen molar-refractivity contribution in [2.75, 3.05) is 6.54 Å². The molecule has 2 heterocycles. The second-order valence-corrected chi connectivity index (χ2v) is 3.60. The minimum atomic E-state index is -2.89. The largest absolute Gasteiger partial charge is 0.325 e. The van der Waals surface area contributed by atoms with Crippen LogP contribution in [0.1, 0.15) is 5.56 Å². The molecule has 0 aliphatic carbocycles. The lowest BCUT2D eigenvalue weighted by Crippen LogP contribution is -2.30. The number of aromatic nitrogens is 4. The van der Waals surface area contributed by atoms with Crippen molar-refractivity contribution in [1.29, 1.82) is 0 Å². The van der Waals surface area contributed by atoms with Gasteiger partial charge in [-0.05, 0) is 11.6 Å². The van der Waals surface area contributed by atoms with Gasteiger partial charge in [-0.2, -0.15) is 5.10 Å². The molecule has 0 bridgehead atoms. The molecule has 0 unspecified atom stereocenters. The molecule has 7 heteroatoms. The molecule has 2 N–H and O–H groups in total. The number of halogens is 2. The summed E-state index contributed by atoms with van der Waals surface area (Å²) in [5, 5.41) is 3.88. The van der Waals surface area contributed by atoms with Gasteiger partial charge >= 0.3 is 0 Å². The maximum Gasteiger partial charge on any atom is 0.264 e. The summed E-state index contributed by atoms with van der Waals surface area (Å²) in [5.41, 5.74) is 5.40. The van der Waals surface area contributed by atoms with Gasteiger partial charge in [0.2, 0.25) is 0 Å². The van der Waals surface area contributed by atoms with Gasteiger partial charge in [0.25, 0.3) is 5.92 Å². The molecule has 2 rings (SSSR count). The summed E-state index contributed by atoms with van der Waals surface area (Å²) >= 11 is 0. The summed E-state index contributed by atoms with van der Waals surface area (Å²) in [4.78, 5) is 7.79. The molecule has 2 aromatic heterocycles. The molecular weight excluding hydrogens is 228 g/mol. The molecule has 2 aromatic rings. The Hall–Kier alpha value is -1.89. The standard InChI is InChI=1S/C10H11F2N5/c11-10(12,5-13)3-8-1-2-9(15-4-8)17-7-14-6-16-17/h1-2,4,6-7H,3,5,13H2. The molecule has 5 nitrogen and oxygen atoms in total.